The number of hydrogen-bond acceptors (Lipinski definition) is 4. The van der Waals surface area contributed by atoms with Crippen LogP contribution in [0.25, 0.3) is 0 Å². The van der Waals surface area contributed by atoms with E-state index in [1.54, 1.807) is 17.5 Å². The lowest BCUT2D eigenvalue weighted by Gasteiger charge is -2.05. The zero-order valence-electron chi connectivity index (χ0n) is 10.0. The Bertz CT molecular complexity index is 571. The number of aryl methyl sites for hydroxylation is 1. The standard InChI is InChI=1S/C13H12ClNO3S/c14-9-3-1-4-10(7-9)18-6-2-5-12-15-11(8-19-12)13(16)17/h1,3-4,7-8H,2,5-6H2,(H,16,17). The molecule has 100 valence electrons. The molecule has 6 heteroatoms. The lowest BCUT2D eigenvalue weighted by molar-refractivity contribution is 0.0691. The molecule has 0 fully saturated rings. The molecule has 1 aromatic heterocycles. The molecule has 0 unspecified atom stereocenters. The predicted molar refractivity (Wildman–Crippen MR) is 74.3 cm³/mol. The highest BCUT2D eigenvalue weighted by atomic mass is 35.5. The lowest BCUT2D eigenvalue weighted by Crippen LogP contribution is -2.00. The average molecular weight is 298 g/mol. The van der Waals surface area contributed by atoms with Crippen LogP contribution < -0.4 is 4.74 Å². The maximum absolute atomic E-state index is 10.7. The molecule has 1 N–H and O–H groups in total. The Morgan fingerprint density at radius 3 is 3.00 bits per heavy atom. The number of carboxylic acid groups (broad SMARTS) is 1. The fourth-order valence-corrected chi connectivity index (χ4v) is 2.49. The number of ether oxygens (including phenoxy) is 1. The van der Waals surface area contributed by atoms with Gasteiger partial charge in [-0.3, -0.25) is 0 Å². The van der Waals surface area contributed by atoms with Crippen molar-refractivity contribution in [3.8, 4) is 5.75 Å². The number of rotatable bonds is 6. The summed E-state index contributed by atoms with van der Waals surface area (Å²) in [5.41, 5.74) is 0.107. The Kier molecular flexibility index (Phi) is 4.76. The summed E-state index contributed by atoms with van der Waals surface area (Å²) in [4.78, 5) is 14.7. The molecule has 0 aliphatic heterocycles. The van der Waals surface area contributed by atoms with Crippen LogP contribution in [0, 0.1) is 0 Å². The first kappa shape index (κ1) is 13.8. The first-order chi connectivity index (χ1) is 9.15. The molecule has 0 bridgehead atoms. The van der Waals surface area contributed by atoms with Crippen LogP contribution in [-0.4, -0.2) is 22.7 Å². The summed E-state index contributed by atoms with van der Waals surface area (Å²) in [6.07, 6.45) is 1.48. The maximum Gasteiger partial charge on any atom is 0.355 e. The van der Waals surface area contributed by atoms with Crippen LogP contribution in [0.3, 0.4) is 0 Å². The van der Waals surface area contributed by atoms with E-state index >= 15 is 0 Å². The normalized spacial score (nSPS) is 10.4. The summed E-state index contributed by atoms with van der Waals surface area (Å²) < 4.78 is 5.54. The van der Waals surface area contributed by atoms with Gasteiger partial charge < -0.3 is 9.84 Å². The second kappa shape index (κ2) is 6.54. The van der Waals surface area contributed by atoms with E-state index < -0.39 is 5.97 Å². The summed E-state index contributed by atoms with van der Waals surface area (Å²) >= 11 is 7.20. The fraction of sp³-hybridized carbons (Fsp3) is 0.231. The molecule has 0 spiro atoms. The minimum Gasteiger partial charge on any atom is -0.494 e. The second-order valence-corrected chi connectivity index (χ2v) is 5.22. The molecule has 0 saturated heterocycles. The lowest BCUT2D eigenvalue weighted by atomic mass is 10.3. The maximum atomic E-state index is 10.7. The summed E-state index contributed by atoms with van der Waals surface area (Å²) in [6.45, 7) is 0.544. The molecule has 0 aliphatic rings. The third-order valence-electron chi connectivity index (χ3n) is 2.37. The summed E-state index contributed by atoms with van der Waals surface area (Å²) in [5, 5.41) is 11.8. The quantitative estimate of drug-likeness (QED) is 0.829. The van der Waals surface area contributed by atoms with Gasteiger partial charge in [-0.15, -0.1) is 11.3 Å². The zero-order valence-corrected chi connectivity index (χ0v) is 11.6. The van der Waals surface area contributed by atoms with Crippen LogP contribution in [-0.2, 0) is 6.42 Å². The Labute approximate surface area is 119 Å². The van der Waals surface area contributed by atoms with E-state index in [0.717, 1.165) is 17.2 Å². The van der Waals surface area contributed by atoms with Gasteiger partial charge in [0.05, 0.1) is 11.6 Å². The molecule has 2 aromatic rings. The van der Waals surface area contributed by atoms with Crippen LogP contribution in [0.2, 0.25) is 5.02 Å². The van der Waals surface area contributed by atoms with E-state index in [-0.39, 0.29) is 5.69 Å². The van der Waals surface area contributed by atoms with Crippen molar-refractivity contribution in [3.63, 3.8) is 0 Å². The molecule has 2 rings (SSSR count). The number of carboxylic acids is 1. The summed E-state index contributed by atoms with van der Waals surface area (Å²) in [5.74, 6) is -0.254. The molecular weight excluding hydrogens is 286 g/mol. The van der Waals surface area contributed by atoms with Gasteiger partial charge in [-0.05, 0) is 24.6 Å². The van der Waals surface area contributed by atoms with Crippen LogP contribution >= 0.6 is 22.9 Å². The second-order valence-electron chi connectivity index (χ2n) is 3.84. The van der Waals surface area contributed by atoms with Crippen molar-refractivity contribution in [3.05, 3.63) is 45.4 Å². The van der Waals surface area contributed by atoms with Crippen molar-refractivity contribution < 1.29 is 14.6 Å². The van der Waals surface area contributed by atoms with Crippen LogP contribution in [0.1, 0.15) is 21.9 Å². The SMILES string of the molecule is O=C(O)c1csc(CCCOc2cccc(Cl)c2)n1. The predicted octanol–water partition coefficient (Wildman–Crippen LogP) is 3.51. The van der Waals surface area contributed by atoms with E-state index in [2.05, 4.69) is 4.98 Å². The minimum atomic E-state index is -0.988. The summed E-state index contributed by atoms with van der Waals surface area (Å²) in [6, 6.07) is 7.22. The molecule has 1 heterocycles. The molecule has 19 heavy (non-hydrogen) atoms. The molecule has 1 aromatic carbocycles. The van der Waals surface area contributed by atoms with Gasteiger partial charge in [-0.2, -0.15) is 0 Å². The molecular formula is C13H12ClNO3S. The fourth-order valence-electron chi connectivity index (χ4n) is 1.49. The highest BCUT2D eigenvalue weighted by Crippen LogP contribution is 2.17. The third-order valence-corrected chi connectivity index (χ3v) is 3.51. The number of aromatic carboxylic acids is 1. The Morgan fingerprint density at radius 1 is 1.47 bits per heavy atom. The van der Waals surface area contributed by atoms with Gasteiger partial charge in [0.1, 0.15) is 5.75 Å². The van der Waals surface area contributed by atoms with E-state index in [4.69, 9.17) is 21.4 Å². The van der Waals surface area contributed by atoms with Gasteiger partial charge in [-0.1, -0.05) is 17.7 Å². The number of benzene rings is 1. The number of nitrogens with zero attached hydrogens (tertiary/aromatic N) is 1. The van der Waals surface area contributed by atoms with E-state index in [1.165, 1.54) is 11.3 Å². The molecule has 4 nitrogen and oxygen atoms in total. The van der Waals surface area contributed by atoms with Crippen LogP contribution in [0.15, 0.2) is 29.6 Å². The summed E-state index contributed by atoms with van der Waals surface area (Å²) in [7, 11) is 0. The first-order valence-electron chi connectivity index (χ1n) is 5.71. The van der Waals surface area contributed by atoms with E-state index in [1.807, 2.05) is 12.1 Å². The third kappa shape index (κ3) is 4.22. The van der Waals surface area contributed by atoms with Crippen molar-refractivity contribution in [2.45, 2.75) is 12.8 Å². The van der Waals surface area contributed by atoms with Gasteiger partial charge in [0.15, 0.2) is 5.69 Å². The first-order valence-corrected chi connectivity index (χ1v) is 6.97. The van der Waals surface area contributed by atoms with Crippen LogP contribution in [0.4, 0.5) is 0 Å². The largest absolute Gasteiger partial charge is 0.494 e. The highest BCUT2D eigenvalue weighted by Gasteiger charge is 2.08. The number of aromatic nitrogens is 1. The van der Waals surface area contributed by atoms with Crippen molar-refractivity contribution in [2.75, 3.05) is 6.61 Å². The Morgan fingerprint density at radius 2 is 2.32 bits per heavy atom. The van der Waals surface area contributed by atoms with Gasteiger partial charge >= 0.3 is 5.97 Å². The van der Waals surface area contributed by atoms with Crippen molar-refractivity contribution in [2.24, 2.45) is 0 Å². The topological polar surface area (TPSA) is 59.4 Å². The smallest absolute Gasteiger partial charge is 0.355 e. The number of thiazole rings is 1. The van der Waals surface area contributed by atoms with Gasteiger partial charge in [0, 0.05) is 16.8 Å². The van der Waals surface area contributed by atoms with E-state index in [9.17, 15) is 4.79 Å². The zero-order chi connectivity index (χ0) is 13.7. The number of hydrogen-bond donors (Lipinski definition) is 1. The highest BCUT2D eigenvalue weighted by molar-refractivity contribution is 7.09. The molecule has 0 radical (unpaired) electrons. The Hall–Kier alpha value is -1.59. The molecule has 0 amide bonds. The molecule has 0 saturated carbocycles. The van der Waals surface area contributed by atoms with Crippen molar-refractivity contribution in [1.29, 1.82) is 0 Å². The van der Waals surface area contributed by atoms with Gasteiger partial charge in [-0.25, -0.2) is 9.78 Å². The van der Waals surface area contributed by atoms with Gasteiger partial charge in [0.2, 0.25) is 0 Å². The van der Waals surface area contributed by atoms with E-state index in [0.29, 0.717) is 18.1 Å². The average Bonchev–Trinajstić information content (AvgIpc) is 2.84. The monoisotopic (exact) mass is 297 g/mol. The van der Waals surface area contributed by atoms with Crippen LogP contribution in [0.5, 0.6) is 5.75 Å². The minimum absolute atomic E-state index is 0.107. The molecule has 0 atom stereocenters. The number of carbonyl (C=O) groups is 1. The number of halogens is 1. The Balaban J connectivity index is 1.76. The van der Waals surface area contributed by atoms with Crippen molar-refractivity contribution >= 4 is 28.9 Å². The van der Waals surface area contributed by atoms with Gasteiger partial charge in [0.25, 0.3) is 0 Å². The molecule has 0 aliphatic carbocycles. The van der Waals surface area contributed by atoms with Crippen molar-refractivity contribution in [1.82, 2.24) is 4.98 Å².